The molecule has 2 aromatic rings. The van der Waals surface area contributed by atoms with Crippen LogP contribution >= 0.6 is 0 Å². The van der Waals surface area contributed by atoms with Crippen molar-refractivity contribution in [1.82, 2.24) is 14.1 Å². The van der Waals surface area contributed by atoms with E-state index in [0.717, 1.165) is 18.7 Å². The molecule has 0 saturated heterocycles. The minimum absolute atomic E-state index is 0.463. The predicted molar refractivity (Wildman–Crippen MR) is 64.2 cm³/mol. The molecule has 0 aliphatic carbocycles. The van der Waals surface area contributed by atoms with Gasteiger partial charge in [-0.05, 0) is 0 Å². The Morgan fingerprint density at radius 1 is 1.24 bits per heavy atom. The van der Waals surface area contributed by atoms with Gasteiger partial charge < -0.3 is 5.11 Å². The van der Waals surface area contributed by atoms with Crippen molar-refractivity contribution in [3.63, 3.8) is 0 Å². The second-order valence-corrected chi connectivity index (χ2v) is 4.25. The molecule has 1 N–H and O–H groups in total. The van der Waals surface area contributed by atoms with Crippen LogP contribution < -0.4 is 11.2 Å². The van der Waals surface area contributed by atoms with E-state index in [1.807, 2.05) is 0 Å². The first-order valence-electron chi connectivity index (χ1n) is 5.46. The molecule has 112 valence electrons. The summed E-state index contributed by atoms with van der Waals surface area (Å²) in [6.45, 7) is 0. The van der Waals surface area contributed by atoms with Gasteiger partial charge in [-0.3, -0.25) is 13.9 Å². The molecule has 10 heteroatoms. The van der Waals surface area contributed by atoms with Gasteiger partial charge >= 0.3 is 17.8 Å². The zero-order chi connectivity index (χ0) is 16.1. The lowest BCUT2D eigenvalue weighted by Gasteiger charge is -2.14. The van der Waals surface area contributed by atoms with Gasteiger partial charge in [-0.25, -0.2) is 14.6 Å². The molecular weight excluding hydrogens is 295 g/mol. The van der Waals surface area contributed by atoms with Gasteiger partial charge in [0.1, 0.15) is 5.65 Å². The maximum Gasteiger partial charge on any atom is 0.418 e. The van der Waals surface area contributed by atoms with E-state index in [1.165, 1.54) is 0 Å². The van der Waals surface area contributed by atoms with Crippen molar-refractivity contribution >= 4 is 17.0 Å². The largest absolute Gasteiger partial charge is 0.478 e. The number of fused-ring (bicyclic) bond motifs is 1. The summed E-state index contributed by atoms with van der Waals surface area (Å²) in [6, 6.07) is 0. The number of aromatic carboxylic acids is 1. The molecule has 0 spiro atoms. The number of aryl methyl sites for hydroxylation is 1. The Morgan fingerprint density at radius 3 is 2.29 bits per heavy atom. The van der Waals surface area contributed by atoms with Crippen LogP contribution in [0.15, 0.2) is 15.8 Å². The lowest BCUT2D eigenvalue weighted by molar-refractivity contribution is -0.136. The lowest BCUT2D eigenvalue weighted by atomic mass is 10.1. The third-order valence-corrected chi connectivity index (χ3v) is 2.98. The van der Waals surface area contributed by atoms with Gasteiger partial charge in [0, 0.05) is 20.3 Å². The quantitative estimate of drug-likeness (QED) is 0.820. The van der Waals surface area contributed by atoms with Crippen LogP contribution in [-0.2, 0) is 20.3 Å². The minimum Gasteiger partial charge on any atom is -0.478 e. The highest BCUT2D eigenvalue weighted by Gasteiger charge is 2.39. The molecule has 0 saturated carbocycles. The van der Waals surface area contributed by atoms with Gasteiger partial charge in [-0.2, -0.15) is 13.2 Å². The van der Waals surface area contributed by atoms with Crippen molar-refractivity contribution in [2.24, 2.45) is 14.1 Å². The van der Waals surface area contributed by atoms with Crippen molar-refractivity contribution in [2.75, 3.05) is 0 Å². The summed E-state index contributed by atoms with van der Waals surface area (Å²) < 4.78 is 40.7. The molecule has 0 unspecified atom stereocenters. The highest BCUT2D eigenvalue weighted by atomic mass is 19.4. The lowest BCUT2D eigenvalue weighted by Crippen LogP contribution is -2.38. The molecule has 0 atom stereocenters. The van der Waals surface area contributed by atoms with Crippen LogP contribution in [0.2, 0.25) is 0 Å². The summed E-state index contributed by atoms with van der Waals surface area (Å²) >= 11 is 0. The number of carbonyl (C=O) groups is 1. The fourth-order valence-electron chi connectivity index (χ4n) is 1.98. The minimum atomic E-state index is -5.08. The zero-order valence-electron chi connectivity index (χ0n) is 10.7. The molecule has 2 aromatic heterocycles. The maximum atomic E-state index is 13.2. The number of carboxylic acids is 1. The predicted octanol–water partition coefficient (Wildman–Crippen LogP) is 0.349. The third kappa shape index (κ3) is 2.08. The van der Waals surface area contributed by atoms with E-state index >= 15 is 0 Å². The number of carboxylic acid groups (broad SMARTS) is 1. The first kappa shape index (κ1) is 14.8. The molecule has 0 amide bonds. The fraction of sp³-hybridized carbons (Fsp3) is 0.273. The summed E-state index contributed by atoms with van der Waals surface area (Å²) in [5.74, 6) is -1.87. The van der Waals surface area contributed by atoms with Crippen molar-refractivity contribution in [3.05, 3.63) is 38.2 Å². The van der Waals surface area contributed by atoms with Crippen LogP contribution in [0.1, 0.15) is 15.9 Å². The van der Waals surface area contributed by atoms with E-state index in [1.54, 1.807) is 0 Å². The summed E-state index contributed by atoms with van der Waals surface area (Å²) in [5, 5.41) is 7.90. The summed E-state index contributed by atoms with van der Waals surface area (Å²) in [5.41, 5.74) is -5.41. The Balaban J connectivity index is 3.23. The number of pyridine rings is 1. The maximum absolute atomic E-state index is 13.2. The molecule has 0 aliphatic rings. The van der Waals surface area contributed by atoms with Crippen molar-refractivity contribution in [3.8, 4) is 0 Å². The molecule has 2 heterocycles. The van der Waals surface area contributed by atoms with Crippen molar-refractivity contribution < 1.29 is 23.1 Å². The van der Waals surface area contributed by atoms with Gasteiger partial charge in [0.05, 0.1) is 16.5 Å². The van der Waals surface area contributed by atoms with Crippen molar-refractivity contribution in [2.45, 2.75) is 6.18 Å². The SMILES string of the molecule is Cn1c(=O)c2c(C(F)(F)F)c(C(=O)O)cnc2n(C)c1=O. The molecule has 2 rings (SSSR count). The molecular formula is C11H8F3N3O4. The van der Waals surface area contributed by atoms with Crippen molar-refractivity contribution in [1.29, 1.82) is 0 Å². The zero-order valence-corrected chi connectivity index (χ0v) is 10.7. The van der Waals surface area contributed by atoms with E-state index < -0.39 is 45.6 Å². The first-order valence-corrected chi connectivity index (χ1v) is 5.46. The first-order chi connectivity index (χ1) is 9.57. The second-order valence-electron chi connectivity index (χ2n) is 4.25. The Labute approximate surface area is 113 Å². The molecule has 0 bridgehead atoms. The van der Waals surface area contributed by atoms with E-state index in [0.29, 0.717) is 10.8 Å². The Morgan fingerprint density at radius 2 is 1.81 bits per heavy atom. The molecule has 0 fully saturated rings. The van der Waals surface area contributed by atoms with Gasteiger partial charge in [-0.1, -0.05) is 0 Å². The average Bonchev–Trinajstić information content (AvgIpc) is 2.40. The van der Waals surface area contributed by atoms with Crippen LogP contribution in [0, 0.1) is 0 Å². The van der Waals surface area contributed by atoms with Crippen LogP contribution in [0.4, 0.5) is 13.2 Å². The number of rotatable bonds is 1. The van der Waals surface area contributed by atoms with Crippen LogP contribution in [0.25, 0.3) is 11.0 Å². The van der Waals surface area contributed by atoms with Crippen LogP contribution in [0.5, 0.6) is 0 Å². The average molecular weight is 303 g/mol. The van der Waals surface area contributed by atoms with E-state index in [4.69, 9.17) is 5.11 Å². The highest BCUT2D eigenvalue weighted by molar-refractivity contribution is 5.95. The summed E-state index contributed by atoms with van der Waals surface area (Å²) in [4.78, 5) is 38.1. The second kappa shape index (κ2) is 4.43. The monoisotopic (exact) mass is 303 g/mol. The Hall–Kier alpha value is -2.65. The number of aromatic nitrogens is 3. The number of hydrogen-bond acceptors (Lipinski definition) is 4. The topological polar surface area (TPSA) is 94.2 Å². The Kier molecular flexibility index (Phi) is 3.11. The summed E-state index contributed by atoms with van der Waals surface area (Å²) in [7, 11) is 2.13. The van der Waals surface area contributed by atoms with E-state index in [2.05, 4.69) is 4.98 Å². The molecule has 0 aromatic carbocycles. The summed E-state index contributed by atoms with van der Waals surface area (Å²) in [6.07, 6.45) is -4.61. The smallest absolute Gasteiger partial charge is 0.418 e. The standard InChI is InChI=1S/C11H8F3N3O4/c1-16-7-5(8(18)17(2)10(16)21)6(11(12,13)14)4(3-15-7)9(19)20/h3H,1-2H3,(H,19,20). The fourth-order valence-corrected chi connectivity index (χ4v) is 1.98. The van der Waals surface area contributed by atoms with Gasteiger partial charge in [0.2, 0.25) is 0 Å². The van der Waals surface area contributed by atoms with Gasteiger partial charge in [0.15, 0.2) is 0 Å². The Bertz CT molecular complexity index is 879. The number of halogens is 3. The van der Waals surface area contributed by atoms with E-state index in [9.17, 15) is 27.6 Å². The molecule has 0 aliphatic heterocycles. The van der Waals surface area contributed by atoms with E-state index in [-0.39, 0.29) is 0 Å². The van der Waals surface area contributed by atoms with Gasteiger partial charge in [0.25, 0.3) is 5.56 Å². The molecule has 21 heavy (non-hydrogen) atoms. The molecule has 7 nitrogen and oxygen atoms in total. The number of hydrogen-bond donors (Lipinski definition) is 1. The third-order valence-electron chi connectivity index (χ3n) is 2.98. The normalized spacial score (nSPS) is 11.9. The number of alkyl halides is 3. The molecule has 0 radical (unpaired) electrons. The highest BCUT2D eigenvalue weighted by Crippen LogP contribution is 2.35. The van der Waals surface area contributed by atoms with Crippen LogP contribution in [0.3, 0.4) is 0 Å². The number of nitrogens with zero attached hydrogens (tertiary/aromatic N) is 3. The van der Waals surface area contributed by atoms with Crippen LogP contribution in [-0.4, -0.2) is 25.2 Å². The van der Waals surface area contributed by atoms with Gasteiger partial charge in [-0.15, -0.1) is 0 Å².